The molecule has 14 nitrogen and oxygen atoms in total. The van der Waals surface area contributed by atoms with E-state index in [1.165, 1.54) is 51.5 Å². The van der Waals surface area contributed by atoms with Gasteiger partial charge in [0, 0.05) is 24.9 Å². The summed E-state index contributed by atoms with van der Waals surface area (Å²) < 4.78 is 21.9. The van der Waals surface area contributed by atoms with E-state index in [9.17, 15) is 34.2 Å². The average molecular weight is 598 g/mol. The third kappa shape index (κ3) is 5.80. The molecule has 0 saturated carbocycles. The van der Waals surface area contributed by atoms with Gasteiger partial charge in [-0.2, -0.15) is 0 Å². The molecule has 1 atom stereocenters. The maximum atomic E-state index is 12.5. The third-order valence-corrected chi connectivity index (χ3v) is 6.65. The number of aromatic nitrogens is 2. The maximum absolute atomic E-state index is 12.5. The molecule has 43 heavy (non-hydrogen) atoms. The molecule has 0 unspecified atom stereocenters. The van der Waals surface area contributed by atoms with Gasteiger partial charge in [-0.1, -0.05) is 12.1 Å². The van der Waals surface area contributed by atoms with E-state index in [0.29, 0.717) is 27.9 Å². The number of aromatic hydroxyl groups is 2. The van der Waals surface area contributed by atoms with Crippen LogP contribution >= 0.6 is 0 Å². The van der Waals surface area contributed by atoms with Crippen molar-refractivity contribution in [2.24, 2.45) is 14.1 Å². The monoisotopic (exact) mass is 597 g/mol. The number of hydrogen-bond donors (Lipinski definition) is 3. The number of benzene rings is 2. The fourth-order valence-electron chi connectivity index (χ4n) is 4.45. The average Bonchev–Trinajstić information content (AvgIpc) is 3.01. The molecule has 4 rings (SSSR count). The number of rotatable bonds is 6. The van der Waals surface area contributed by atoms with Crippen LogP contribution in [0.15, 0.2) is 46.0 Å². The highest BCUT2D eigenvalue weighted by Crippen LogP contribution is 2.33. The number of ether oxygens (including phenoxy) is 4. The lowest BCUT2D eigenvalue weighted by Crippen LogP contribution is -2.41. The van der Waals surface area contributed by atoms with Gasteiger partial charge in [0.1, 0.15) is 34.6 Å². The van der Waals surface area contributed by atoms with Gasteiger partial charge in [0.15, 0.2) is 5.56 Å². The fraction of sp³-hybridized carbons (Fsp3) is 0.276. The molecule has 0 aliphatic heterocycles. The number of nitrogens with one attached hydrogen (secondary N) is 1. The van der Waals surface area contributed by atoms with Crippen molar-refractivity contribution >= 4 is 39.7 Å². The molecular formula is C29H31N3O11. The molecule has 0 radical (unpaired) electrons. The topological polar surface area (TPSA) is 185 Å². The highest BCUT2D eigenvalue weighted by atomic mass is 16.5. The fourth-order valence-corrected chi connectivity index (χ4v) is 4.45. The minimum atomic E-state index is -0.965. The number of fused-ring (bicyclic) bond motifs is 2. The Morgan fingerprint density at radius 1 is 0.744 bits per heavy atom. The van der Waals surface area contributed by atoms with Gasteiger partial charge in [-0.25, -0.2) is 9.59 Å². The van der Waals surface area contributed by atoms with Crippen molar-refractivity contribution < 1.29 is 43.5 Å². The number of pyridine rings is 2. The predicted molar refractivity (Wildman–Crippen MR) is 155 cm³/mol. The first-order chi connectivity index (χ1) is 20.4. The molecule has 0 saturated heterocycles. The van der Waals surface area contributed by atoms with Crippen LogP contribution in [0.25, 0.3) is 21.8 Å². The Labute approximate surface area is 244 Å². The lowest BCUT2D eigenvalue weighted by Gasteiger charge is -2.15. The number of nitrogens with zero attached hydrogens (tertiary/aromatic N) is 2. The summed E-state index contributed by atoms with van der Waals surface area (Å²) in [6, 6.07) is 8.79. The number of carbonyl (C=O) groups excluding carboxylic acids is 3. The quantitative estimate of drug-likeness (QED) is 0.274. The molecule has 1 amide bonds. The second-order valence-corrected chi connectivity index (χ2v) is 9.10. The molecule has 228 valence electrons. The van der Waals surface area contributed by atoms with Gasteiger partial charge < -0.3 is 43.6 Å². The number of para-hydroxylation sites is 2. The van der Waals surface area contributed by atoms with E-state index < -0.39 is 52.1 Å². The Morgan fingerprint density at radius 2 is 1.19 bits per heavy atom. The van der Waals surface area contributed by atoms with Crippen molar-refractivity contribution in [1.29, 1.82) is 0 Å². The summed E-state index contributed by atoms with van der Waals surface area (Å²) in [5.41, 5.74) is -1.40. The van der Waals surface area contributed by atoms with Gasteiger partial charge in [-0.15, -0.1) is 0 Å². The molecule has 0 spiro atoms. The maximum Gasteiger partial charge on any atom is 0.347 e. The van der Waals surface area contributed by atoms with Gasteiger partial charge in [0.25, 0.3) is 17.0 Å². The van der Waals surface area contributed by atoms with Crippen molar-refractivity contribution in [2.75, 3.05) is 28.4 Å². The molecule has 2 aromatic carbocycles. The van der Waals surface area contributed by atoms with Crippen molar-refractivity contribution in [3.63, 3.8) is 0 Å². The Bertz CT molecular complexity index is 1860. The van der Waals surface area contributed by atoms with Crippen LogP contribution in [0.3, 0.4) is 0 Å². The molecule has 4 aromatic rings. The van der Waals surface area contributed by atoms with Crippen LogP contribution in [0.1, 0.15) is 27.6 Å². The zero-order valence-corrected chi connectivity index (χ0v) is 24.5. The summed E-state index contributed by atoms with van der Waals surface area (Å²) >= 11 is 0. The van der Waals surface area contributed by atoms with Crippen molar-refractivity contribution in [2.45, 2.75) is 13.0 Å². The molecule has 0 bridgehead atoms. The van der Waals surface area contributed by atoms with Gasteiger partial charge in [-0.05, 0) is 31.2 Å². The Kier molecular flexibility index (Phi) is 9.65. The molecule has 0 fully saturated rings. The third-order valence-electron chi connectivity index (χ3n) is 6.65. The van der Waals surface area contributed by atoms with E-state index in [1.807, 2.05) is 0 Å². The zero-order valence-electron chi connectivity index (χ0n) is 24.5. The smallest absolute Gasteiger partial charge is 0.347 e. The zero-order chi connectivity index (χ0) is 32.2. The summed E-state index contributed by atoms with van der Waals surface area (Å²) in [4.78, 5) is 60.0. The van der Waals surface area contributed by atoms with E-state index in [2.05, 4.69) is 14.8 Å². The molecule has 14 heteroatoms. The first-order valence-corrected chi connectivity index (χ1v) is 12.6. The van der Waals surface area contributed by atoms with Gasteiger partial charge >= 0.3 is 11.9 Å². The number of carbonyl (C=O) groups is 3. The Hall–Kier alpha value is -5.53. The van der Waals surface area contributed by atoms with Crippen LogP contribution in [0.2, 0.25) is 0 Å². The van der Waals surface area contributed by atoms with E-state index in [0.717, 1.165) is 7.11 Å². The molecular weight excluding hydrogens is 566 g/mol. The Balaban J connectivity index is 0.000000242. The van der Waals surface area contributed by atoms with Crippen LogP contribution in [0, 0.1) is 0 Å². The molecule has 0 aliphatic rings. The second kappa shape index (κ2) is 13.0. The van der Waals surface area contributed by atoms with Crippen LogP contribution in [0.4, 0.5) is 0 Å². The summed E-state index contributed by atoms with van der Waals surface area (Å²) in [7, 11) is 8.20. The number of esters is 2. The highest BCUT2D eigenvalue weighted by molar-refractivity contribution is 6.04. The first-order valence-electron chi connectivity index (χ1n) is 12.6. The lowest BCUT2D eigenvalue weighted by atomic mass is 10.1. The first kappa shape index (κ1) is 32.0. The summed E-state index contributed by atoms with van der Waals surface area (Å²) in [5, 5.41) is 23.5. The highest BCUT2D eigenvalue weighted by Gasteiger charge is 2.26. The van der Waals surface area contributed by atoms with Crippen LogP contribution in [-0.2, 0) is 28.4 Å². The predicted octanol–water partition coefficient (Wildman–Crippen LogP) is 1.58. The second-order valence-electron chi connectivity index (χ2n) is 9.10. The van der Waals surface area contributed by atoms with E-state index >= 15 is 0 Å². The standard InChI is InChI=1S/C16H18N2O6.C13H13NO5/c1-8(16(22)24-4)17-14(20)11-13(19)9-6-5-7-10(23-3)12(9)18(2)15(11)21;1-14-10-7(5-4-6-8(10)18-2)11(15)9(12(14)16)13(17)19-3/h5-8,19H,1-4H3,(H,17,20);4-6,15H,1-3H3/t8-;/m0./s1. The SMILES string of the molecule is COC(=O)[C@H](C)NC(=O)c1c(O)c2cccc(OC)c2n(C)c1=O.COC(=O)c1c(O)c2cccc(OC)c2n(C)c1=O. The van der Waals surface area contributed by atoms with Crippen LogP contribution < -0.4 is 25.9 Å². The number of aryl methyl sites for hydroxylation is 2. The Morgan fingerprint density at radius 3 is 1.60 bits per heavy atom. The van der Waals surface area contributed by atoms with E-state index in [4.69, 9.17) is 9.47 Å². The largest absolute Gasteiger partial charge is 0.506 e. The van der Waals surface area contributed by atoms with Gasteiger partial charge in [0.05, 0.1) is 39.5 Å². The summed E-state index contributed by atoms with van der Waals surface area (Å²) in [6.45, 7) is 1.41. The van der Waals surface area contributed by atoms with Gasteiger partial charge in [-0.3, -0.25) is 14.4 Å². The minimum absolute atomic E-state index is 0.285. The number of amides is 1. The van der Waals surface area contributed by atoms with Crippen LogP contribution in [-0.4, -0.2) is 71.7 Å². The van der Waals surface area contributed by atoms with Crippen LogP contribution in [0.5, 0.6) is 23.0 Å². The molecule has 2 aromatic heterocycles. The molecule has 3 N–H and O–H groups in total. The number of hydrogen-bond acceptors (Lipinski definition) is 11. The van der Waals surface area contributed by atoms with E-state index in [-0.39, 0.29) is 10.9 Å². The number of methoxy groups -OCH3 is 4. The molecule has 2 heterocycles. The summed E-state index contributed by atoms with van der Waals surface area (Å²) in [5.74, 6) is -2.45. The minimum Gasteiger partial charge on any atom is -0.506 e. The molecule has 0 aliphatic carbocycles. The van der Waals surface area contributed by atoms with Gasteiger partial charge in [0.2, 0.25) is 0 Å². The summed E-state index contributed by atoms with van der Waals surface area (Å²) in [6.07, 6.45) is 0. The van der Waals surface area contributed by atoms with Crippen molar-refractivity contribution in [1.82, 2.24) is 14.5 Å². The van der Waals surface area contributed by atoms with Crippen molar-refractivity contribution in [3.05, 3.63) is 68.2 Å². The normalized spacial score (nSPS) is 11.2. The lowest BCUT2D eigenvalue weighted by molar-refractivity contribution is -0.142. The van der Waals surface area contributed by atoms with Crippen molar-refractivity contribution in [3.8, 4) is 23.0 Å². The van der Waals surface area contributed by atoms with E-state index in [1.54, 1.807) is 36.4 Å².